The van der Waals surface area contributed by atoms with Crippen LogP contribution in [0, 0.1) is 11.7 Å². The van der Waals surface area contributed by atoms with Crippen LogP contribution in [0.15, 0.2) is 48.5 Å². The molecule has 0 aromatic heterocycles. The molecule has 1 aliphatic carbocycles. The SMILES string of the molecule is CC/C(=C\C(=O)O)c1cc(F)ccc1[C@@H](C)OC[C@@H](O)CNC(C)(C)CC1Cc2ccccc2C1. The third kappa shape index (κ3) is 7.72. The lowest BCUT2D eigenvalue weighted by molar-refractivity contribution is -0.131. The molecule has 0 spiro atoms. The van der Waals surface area contributed by atoms with E-state index in [1.165, 1.54) is 23.3 Å². The van der Waals surface area contributed by atoms with Gasteiger partial charge in [-0.15, -0.1) is 0 Å². The summed E-state index contributed by atoms with van der Waals surface area (Å²) >= 11 is 0. The molecule has 3 rings (SSSR count). The molecule has 1 aliphatic rings. The minimum Gasteiger partial charge on any atom is -0.478 e. The summed E-state index contributed by atoms with van der Waals surface area (Å²) in [6.45, 7) is 8.49. The fourth-order valence-corrected chi connectivity index (χ4v) is 5.07. The molecule has 0 heterocycles. The summed E-state index contributed by atoms with van der Waals surface area (Å²) in [5.41, 5.74) is 4.51. The van der Waals surface area contributed by atoms with E-state index >= 15 is 0 Å². The van der Waals surface area contributed by atoms with Crippen LogP contribution in [0.4, 0.5) is 4.39 Å². The summed E-state index contributed by atoms with van der Waals surface area (Å²) in [4.78, 5) is 11.2. The van der Waals surface area contributed by atoms with E-state index in [1.807, 2.05) is 13.8 Å². The number of aliphatic hydroxyl groups excluding tert-OH is 1. The van der Waals surface area contributed by atoms with E-state index in [9.17, 15) is 14.3 Å². The Balaban J connectivity index is 1.52. The lowest BCUT2D eigenvalue weighted by atomic mass is 9.88. The highest BCUT2D eigenvalue weighted by Crippen LogP contribution is 2.32. The van der Waals surface area contributed by atoms with Crippen LogP contribution in [0.25, 0.3) is 5.57 Å². The van der Waals surface area contributed by atoms with Gasteiger partial charge in [-0.25, -0.2) is 9.18 Å². The molecule has 6 heteroatoms. The van der Waals surface area contributed by atoms with Crippen molar-refractivity contribution in [2.75, 3.05) is 13.2 Å². The third-order valence-corrected chi connectivity index (χ3v) is 6.77. The Kier molecular flexibility index (Phi) is 9.22. The van der Waals surface area contributed by atoms with Crippen molar-refractivity contribution in [3.8, 4) is 0 Å². The fourth-order valence-electron chi connectivity index (χ4n) is 5.07. The average Bonchev–Trinajstić information content (AvgIpc) is 3.21. The summed E-state index contributed by atoms with van der Waals surface area (Å²) in [7, 11) is 0. The summed E-state index contributed by atoms with van der Waals surface area (Å²) < 4.78 is 19.9. The van der Waals surface area contributed by atoms with Crippen molar-refractivity contribution in [3.63, 3.8) is 0 Å². The van der Waals surface area contributed by atoms with Crippen LogP contribution in [0.5, 0.6) is 0 Å². The van der Waals surface area contributed by atoms with Gasteiger partial charge in [0.25, 0.3) is 0 Å². The monoisotopic (exact) mass is 483 g/mol. The number of rotatable bonds is 12. The van der Waals surface area contributed by atoms with Gasteiger partial charge in [0.2, 0.25) is 0 Å². The quantitative estimate of drug-likeness (QED) is 0.356. The summed E-state index contributed by atoms with van der Waals surface area (Å²) in [6.07, 6.45) is 3.62. The van der Waals surface area contributed by atoms with E-state index in [2.05, 4.69) is 43.4 Å². The molecule has 0 amide bonds. The Labute approximate surface area is 208 Å². The number of benzene rings is 2. The number of carboxylic acid groups (broad SMARTS) is 1. The smallest absolute Gasteiger partial charge is 0.328 e. The number of hydrogen-bond donors (Lipinski definition) is 3. The molecule has 0 aliphatic heterocycles. The van der Waals surface area contributed by atoms with Crippen molar-refractivity contribution in [2.24, 2.45) is 5.92 Å². The first kappa shape index (κ1) is 27.1. The van der Waals surface area contributed by atoms with E-state index < -0.39 is 24.0 Å². The van der Waals surface area contributed by atoms with Crippen LogP contribution >= 0.6 is 0 Å². The minimum atomic E-state index is -1.07. The highest BCUT2D eigenvalue weighted by Gasteiger charge is 2.28. The van der Waals surface area contributed by atoms with E-state index in [4.69, 9.17) is 9.84 Å². The van der Waals surface area contributed by atoms with Crippen molar-refractivity contribution >= 4 is 11.5 Å². The highest BCUT2D eigenvalue weighted by atomic mass is 19.1. The van der Waals surface area contributed by atoms with Gasteiger partial charge >= 0.3 is 5.97 Å². The molecular weight excluding hydrogens is 445 g/mol. The van der Waals surface area contributed by atoms with Gasteiger partial charge in [-0.1, -0.05) is 37.3 Å². The molecule has 0 radical (unpaired) electrons. The zero-order valence-electron chi connectivity index (χ0n) is 21.2. The summed E-state index contributed by atoms with van der Waals surface area (Å²) in [5.74, 6) is -0.916. The fraction of sp³-hybridized carbons (Fsp3) is 0.483. The maximum Gasteiger partial charge on any atom is 0.328 e. The van der Waals surface area contributed by atoms with Gasteiger partial charge < -0.3 is 20.3 Å². The van der Waals surface area contributed by atoms with Crippen LogP contribution in [-0.4, -0.2) is 41.0 Å². The van der Waals surface area contributed by atoms with E-state index in [0.29, 0.717) is 35.6 Å². The van der Waals surface area contributed by atoms with Crippen molar-refractivity contribution in [2.45, 2.75) is 71.1 Å². The number of aliphatic carboxylic acids is 1. The molecule has 3 N–H and O–H groups in total. The normalized spacial score (nSPS) is 16.2. The predicted octanol–water partition coefficient (Wildman–Crippen LogP) is 5.32. The zero-order valence-corrected chi connectivity index (χ0v) is 21.2. The maximum atomic E-state index is 13.9. The second-order valence-electron chi connectivity index (χ2n) is 10.2. The van der Waals surface area contributed by atoms with Crippen LogP contribution < -0.4 is 5.32 Å². The number of β-amino-alcohol motifs (C(OH)–C–C–N with tert-alkyl or cyclic N) is 1. The molecule has 190 valence electrons. The standard InChI is InChI=1S/C29H38FNO4/c1-5-21(14-28(33)34)27-15-24(30)10-11-26(27)19(2)35-18-25(32)17-31-29(3,4)16-20-12-22-8-6-7-9-23(22)13-20/h6-11,14-15,19-20,25,31-32H,5,12-13,16-18H2,1-4H3,(H,33,34)/b21-14+/t19-,25+/m1/s1. The second kappa shape index (κ2) is 11.9. The van der Waals surface area contributed by atoms with Gasteiger partial charge in [0, 0.05) is 18.2 Å². The molecule has 0 saturated heterocycles. The molecule has 2 aromatic carbocycles. The minimum absolute atomic E-state index is 0.111. The maximum absolute atomic E-state index is 13.9. The van der Waals surface area contributed by atoms with Gasteiger partial charge in [0.05, 0.1) is 18.8 Å². The summed E-state index contributed by atoms with van der Waals surface area (Å²) in [6, 6.07) is 12.9. The van der Waals surface area contributed by atoms with E-state index in [1.54, 1.807) is 6.07 Å². The Hall–Kier alpha value is -2.54. The average molecular weight is 484 g/mol. The molecular formula is C29H38FNO4. The molecule has 5 nitrogen and oxygen atoms in total. The molecule has 0 bridgehead atoms. The van der Waals surface area contributed by atoms with Gasteiger partial charge in [-0.2, -0.15) is 0 Å². The largest absolute Gasteiger partial charge is 0.478 e. The first-order chi connectivity index (χ1) is 16.6. The van der Waals surface area contributed by atoms with Gasteiger partial charge in [0.1, 0.15) is 5.82 Å². The van der Waals surface area contributed by atoms with Gasteiger partial charge in [-0.3, -0.25) is 0 Å². The zero-order chi connectivity index (χ0) is 25.6. The molecule has 0 fully saturated rings. The number of carbonyl (C=O) groups is 1. The number of halogens is 1. The van der Waals surface area contributed by atoms with E-state index in [-0.39, 0.29) is 12.1 Å². The number of allylic oxidation sites excluding steroid dienone is 1. The third-order valence-electron chi connectivity index (χ3n) is 6.77. The summed E-state index contributed by atoms with van der Waals surface area (Å²) in [5, 5.41) is 23.2. The van der Waals surface area contributed by atoms with Crippen molar-refractivity contribution in [3.05, 3.63) is 76.6 Å². The molecule has 0 saturated carbocycles. The number of aliphatic hydroxyl groups is 1. The van der Waals surface area contributed by atoms with Gasteiger partial charge in [-0.05, 0) is 92.3 Å². The molecule has 2 atom stereocenters. The molecule has 2 aromatic rings. The lowest BCUT2D eigenvalue weighted by Crippen LogP contribution is -2.45. The first-order valence-corrected chi connectivity index (χ1v) is 12.4. The number of hydrogen-bond acceptors (Lipinski definition) is 4. The highest BCUT2D eigenvalue weighted by molar-refractivity contribution is 5.90. The number of fused-ring (bicyclic) bond motifs is 1. The lowest BCUT2D eigenvalue weighted by Gasteiger charge is -2.31. The van der Waals surface area contributed by atoms with Crippen molar-refractivity contribution in [1.29, 1.82) is 0 Å². The predicted molar refractivity (Wildman–Crippen MR) is 137 cm³/mol. The Morgan fingerprint density at radius 2 is 1.89 bits per heavy atom. The second-order valence-corrected chi connectivity index (χ2v) is 10.2. The van der Waals surface area contributed by atoms with E-state index in [0.717, 1.165) is 25.3 Å². The Bertz CT molecular complexity index is 1020. The number of nitrogens with one attached hydrogen (secondary N) is 1. The first-order valence-electron chi connectivity index (χ1n) is 12.4. The molecule has 0 unspecified atom stereocenters. The topological polar surface area (TPSA) is 78.8 Å². The molecule has 35 heavy (non-hydrogen) atoms. The number of carboxylic acids is 1. The number of ether oxygens (including phenoxy) is 1. The van der Waals surface area contributed by atoms with Crippen molar-refractivity contribution < 1.29 is 24.1 Å². The van der Waals surface area contributed by atoms with Crippen LogP contribution in [0.3, 0.4) is 0 Å². The van der Waals surface area contributed by atoms with Crippen LogP contribution in [0.2, 0.25) is 0 Å². The van der Waals surface area contributed by atoms with Gasteiger partial charge in [0.15, 0.2) is 0 Å². The van der Waals surface area contributed by atoms with Crippen LogP contribution in [0.1, 0.15) is 68.9 Å². The Morgan fingerprint density at radius 1 is 1.23 bits per heavy atom. The van der Waals surface area contributed by atoms with Crippen molar-refractivity contribution in [1.82, 2.24) is 5.32 Å². The Morgan fingerprint density at radius 3 is 2.49 bits per heavy atom. The van der Waals surface area contributed by atoms with Crippen LogP contribution in [-0.2, 0) is 22.4 Å².